The van der Waals surface area contributed by atoms with Gasteiger partial charge in [-0.15, -0.1) is 10.2 Å². The summed E-state index contributed by atoms with van der Waals surface area (Å²) in [5.41, 5.74) is 0.750. The highest BCUT2D eigenvalue weighted by atomic mass is 79.9. The van der Waals surface area contributed by atoms with Crippen molar-refractivity contribution >= 4 is 33.4 Å². The Labute approximate surface area is 186 Å². The molecule has 4 rings (SSSR count). The Hall–Kier alpha value is -2.45. The highest BCUT2D eigenvalue weighted by Crippen LogP contribution is 2.31. The van der Waals surface area contributed by atoms with Gasteiger partial charge in [0.1, 0.15) is 11.6 Å². The number of ether oxygens (including phenoxy) is 1. The number of halogens is 3. The summed E-state index contributed by atoms with van der Waals surface area (Å²) in [4.78, 5) is 14.7. The molecule has 1 atom stereocenters. The molecule has 0 bridgehead atoms. The fraction of sp³-hybridized carbons (Fsp3) is 0.286. The van der Waals surface area contributed by atoms with E-state index < -0.39 is 6.10 Å². The van der Waals surface area contributed by atoms with Gasteiger partial charge in [0.2, 0.25) is 11.8 Å². The molecule has 1 heterocycles. The van der Waals surface area contributed by atoms with Gasteiger partial charge in [0, 0.05) is 16.6 Å². The molecular formula is C21H18BrClFN3O3. The maximum atomic E-state index is 13.3. The van der Waals surface area contributed by atoms with Crippen LogP contribution in [0, 0.1) is 5.82 Å². The largest absolute Gasteiger partial charge is 0.480 e. The number of carbonyl (C=O) groups is 1. The van der Waals surface area contributed by atoms with Crippen LogP contribution in [0.5, 0.6) is 5.75 Å². The lowest BCUT2D eigenvalue weighted by Crippen LogP contribution is -2.41. The van der Waals surface area contributed by atoms with Crippen LogP contribution in [-0.4, -0.2) is 33.2 Å². The molecule has 30 heavy (non-hydrogen) atoms. The SMILES string of the molecule is CC(Oc1ccc(F)cc1Br)C(=O)N(Cc1nnc(-c2ccc(Cl)cc2)o1)C1CC1. The second kappa shape index (κ2) is 8.73. The summed E-state index contributed by atoms with van der Waals surface area (Å²) in [5, 5.41) is 8.77. The molecule has 9 heteroatoms. The number of hydrogen-bond donors (Lipinski definition) is 0. The van der Waals surface area contributed by atoms with Gasteiger partial charge in [0.05, 0.1) is 11.0 Å². The minimum atomic E-state index is -0.758. The molecule has 0 saturated heterocycles. The quantitative estimate of drug-likeness (QED) is 0.449. The van der Waals surface area contributed by atoms with Gasteiger partial charge in [0.25, 0.3) is 5.91 Å². The van der Waals surface area contributed by atoms with Crippen molar-refractivity contribution in [2.75, 3.05) is 0 Å². The van der Waals surface area contributed by atoms with Crippen LogP contribution in [0.1, 0.15) is 25.7 Å². The van der Waals surface area contributed by atoms with Crippen LogP contribution in [0.2, 0.25) is 5.02 Å². The van der Waals surface area contributed by atoms with Crippen LogP contribution >= 0.6 is 27.5 Å². The zero-order chi connectivity index (χ0) is 21.3. The molecule has 1 fully saturated rings. The predicted octanol–water partition coefficient (Wildman–Crippen LogP) is 5.25. The normalized spacial score (nSPS) is 14.4. The minimum Gasteiger partial charge on any atom is -0.480 e. The molecule has 1 aliphatic carbocycles. The molecule has 1 aliphatic rings. The van der Waals surface area contributed by atoms with E-state index in [1.165, 1.54) is 18.2 Å². The van der Waals surface area contributed by atoms with Crippen molar-refractivity contribution in [1.29, 1.82) is 0 Å². The lowest BCUT2D eigenvalue weighted by molar-refractivity contribution is -0.139. The Balaban J connectivity index is 1.46. The lowest BCUT2D eigenvalue weighted by Gasteiger charge is -2.25. The van der Waals surface area contributed by atoms with Gasteiger partial charge in [-0.1, -0.05) is 11.6 Å². The van der Waals surface area contributed by atoms with Crippen molar-refractivity contribution in [1.82, 2.24) is 15.1 Å². The van der Waals surface area contributed by atoms with Crippen LogP contribution in [0.4, 0.5) is 4.39 Å². The third-order valence-corrected chi connectivity index (χ3v) is 5.55. The molecule has 0 spiro atoms. The fourth-order valence-electron chi connectivity index (χ4n) is 2.99. The van der Waals surface area contributed by atoms with Gasteiger partial charge in [-0.3, -0.25) is 4.79 Å². The maximum absolute atomic E-state index is 13.3. The number of benzene rings is 2. The van der Waals surface area contributed by atoms with Crippen LogP contribution in [0.15, 0.2) is 51.4 Å². The summed E-state index contributed by atoms with van der Waals surface area (Å²) in [5.74, 6) is 0.524. The smallest absolute Gasteiger partial charge is 0.264 e. The molecule has 0 aliphatic heterocycles. The van der Waals surface area contributed by atoms with Crippen LogP contribution in [0.3, 0.4) is 0 Å². The van der Waals surface area contributed by atoms with Crippen molar-refractivity contribution in [3.63, 3.8) is 0 Å². The summed E-state index contributed by atoms with van der Waals surface area (Å²) >= 11 is 9.17. The first-order chi connectivity index (χ1) is 14.4. The lowest BCUT2D eigenvalue weighted by atomic mass is 10.2. The number of amides is 1. The zero-order valence-electron chi connectivity index (χ0n) is 16.0. The maximum Gasteiger partial charge on any atom is 0.264 e. The Bertz CT molecular complexity index is 1060. The van der Waals surface area contributed by atoms with E-state index in [4.69, 9.17) is 20.8 Å². The number of aromatic nitrogens is 2. The van der Waals surface area contributed by atoms with Gasteiger partial charge < -0.3 is 14.1 Å². The van der Waals surface area contributed by atoms with Crippen molar-refractivity contribution in [2.24, 2.45) is 0 Å². The summed E-state index contributed by atoms with van der Waals surface area (Å²) in [6, 6.07) is 11.3. The first-order valence-corrected chi connectivity index (χ1v) is 10.6. The van der Waals surface area contributed by atoms with Crippen molar-refractivity contribution < 1.29 is 18.3 Å². The number of hydrogen-bond acceptors (Lipinski definition) is 5. The molecule has 2 aromatic carbocycles. The molecule has 1 amide bonds. The molecular weight excluding hydrogens is 477 g/mol. The minimum absolute atomic E-state index is 0.117. The average Bonchev–Trinajstić information content (AvgIpc) is 3.46. The summed E-state index contributed by atoms with van der Waals surface area (Å²) in [6.45, 7) is 1.86. The zero-order valence-corrected chi connectivity index (χ0v) is 18.4. The van der Waals surface area contributed by atoms with E-state index in [1.54, 1.807) is 36.1 Å². The molecule has 1 saturated carbocycles. The monoisotopic (exact) mass is 493 g/mol. The summed E-state index contributed by atoms with van der Waals surface area (Å²) < 4.78 is 25.2. The molecule has 6 nitrogen and oxygen atoms in total. The van der Waals surface area contributed by atoms with Gasteiger partial charge in [-0.2, -0.15) is 0 Å². The second-order valence-electron chi connectivity index (χ2n) is 7.04. The molecule has 0 N–H and O–H groups in total. The van der Waals surface area contributed by atoms with E-state index in [2.05, 4.69) is 26.1 Å². The van der Waals surface area contributed by atoms with Crippen LogP contribution < -0.4 is 4.74 Å². The van der Waals surface area contributed by atoms with E-state index in [1.807, 2.05) is 0 Å². The first-order valence-electron chi connectivity index (χ1n) is 9.41. The van der Waals surface area contributed by atoms with Crippen molar-refractivity contribution in [3.05, 3.63) is 63.7 Å². The average molecular weight is 495 g/mol. The predicted molar refractivity (Wildman–Crippen MR) is 113 cm³/mol. The molecule has 156 valence electrons. The van der Waals surface area contributed by atoms with Crippen LogP contribution in [-0.2, 0) is 11.3 Å². The standard InChI is InChI=1S/C21H18BrClFN3O3/c1-12(29-18-9-6-15(24)10-17(18)22)21(28)27(16-7-8-16)11-19-25-26-20(30-19)13-2-4-14(23)5-3-13/h2-6,9-10,12,16H,7-8,11H2,1H3. The second-order valence-corrected chi connectivity index (χ2v) is 8.33. The van der Waals surface area contributed by atoms with Gasteiger partial charge >= 0.3 is 0 Å². The van der Waals surface area contributed by atoms with E-state index in [0.717, 1.165) is 18.4 Å². The number of carbonyl (C=O) groups excluding carboxylic acids is 1. The van der Waals surface area contributed by atoms with Crippen molar-refractivity contribution in [2.45, 2.75) is 38.5 Å². The van der Waals surface area contributed by atoms with E-state index in [-0.39, 0.29) is 24.3 Å². The van der Waals surface area contributed by atoms with E-state index in [0.29, 0.717) is 27.0 Å². The van der Waals surface area contributed by atoms with Gasteiger partial charge in [-0.25, -0.2) is 4.39 Å². The highest BCUT2D eigenvalue weighted by molar-refractivity contribution is 9.10. The van der Waals surface area contributed by atoms with Crippen molar-refractivity contribution in [3.8, 4) is 17.2 Å². The third-order valence-electron chi connectivity index (χ3n) is 4.68. The molecule has 3 aromatic rings. The van der Waals surface area contributed by atoms with Crippen LogP contribution in [0.25, 0.3) is 11.5 Å². The molecule has 0 radical (unpaired) electrons. The Morgan fingerprint density at radius 3 is 2.70 bits per heavy atom. The van der Waals surface area contributed by atoms with E-state index in [9.17, 15) is 9.18 Å². The summed E-state index contributed by atoms with van der Waals surface area (Å²) in [7, 11) is 0. The molecule has 1 aromatic heterocycles. The Kier molecular flexibility index (Phi) is 6.06. The third kappa shape index (κ3) is 4.82. The van der Waals surface area contributed by atoms with Gasteiger partial charge in [-0.05, 0) is 78.2 Å². The first kappa shape index (κ1) is 20.8. The van der Waals surface area contributed by atoms with Gasteiger partial charge in [0.15, 0.2) is 6.10 Å². The topological polar surface area (TPSA) is 68.5 Å². The molecule has 1 unspecified atom stereocenters. The Morgan fingerprint density at radius 2 is 2.03 bits per heavy atom. The number of nitrogens with zero attached hydrogens (tertiary/aromatic N) is 3. The highest BCUT2D eigenvalue weighted by Gasteiger charge is 2.36. The summed E-state index contributed by atoms with van der Waals surface area (Å²) in [6.07, 6.45) is 1.07. The Morgan fingerprint density at radius 1 is 1.30 bits per heavy atom. The number of rotatable bonds is 7. The fourth-order valence-corrected chi connectivity index (χ4v) is 3.56. The van der Waals surface area contributed by atoms with E-state index >= 15 is 0 Å².